The minimum Gasteiger partial charge on any atom is -0.462 e. The lowest BCUT2D eigenvalue weighted by Gasteiger charge is -2.18. The van der Waals surface area contributed by atoms with Gasteiger partial charge in [-0.15, -0.1) is 0 Å². The zero-order valence-electron chi connectivity index (χ0n) is 34.6. The fourth-order valence-electron chi connectivity index (χ4n) is 6.29. The molecule has 0 aliphatic heterocycles. The van der Waals surface area contributed by atoms with Gasteiger partial charge in [0, 0.05) is 19.3 Å². The Morgan fingerprint density at radius 1 is 0.385 bits per heavy atom. The zero-order valence-corrected chi connectivity index (χ0v) is 34.6. The average Bonchev–Trinajstić information content (AvgIpc) is 3.14. The molecule has 0 aliphatic carbocycles. The third kappa shape index (κ3) is 39.1. The first-order valence-electron chi connectivity index (χ1n) is 22.3. The molecule has 6 nitrogen and oxygen atoms in total. The fraction of sp³-hybridized carbons (Fsp3) is 0.848. The smallest absolute Gasteiger partial charge is 0.306 e. The molecule has 52 heavy (non-hydrogen) atoms. The minimum absolute atomic E-state index is 0.0742. The van der Waals surface area contributed by atoms with E-state index in [4.69, 9.17) is 14.2 Å². The van der Waals surface area contributed by atoms with Gasteiger partial charge < -0.3 is 14.2 Å². The number of rotatable bonds is 40. The standard InChI is InChI=1S/C46H84O6/c1-4-7-10-13-15-17-19-21-22-23-25-26-28-30-33-36-39-45(48)51-42-43(41-50-44(47)38-35-32-12-9-6-3)52-46(49)40-37-34-31-29-27-24-20-18-16-14-11-8-5-2/h17,19,22-23,43H,4-16,18,20-21,24-42H2,1-3H3/b19-17-,23-22-. The number of esters is 3. The molecule has 0 saturated carbocycles. The van der Waals surface area contributed by atoms with Crippen molar-refractivity contribution >= 4 is 17.9 Å². The number of carbonyl (C=O) groups is 3. The van der Waals surface area contributed by atoms with Crippen molar-refractivity contribution in [2.45, 2.75) is 239 Å². The van der Waals surface area contributed by atoms with Crippen molar-refractivity contribution in [3.8, 4) is 0 Å². The maximum atomic E-state index is 12.6. The van der Waals surface area contributed by atoms with E-state index in [2.05, 4.69) is 45.1 Å². The first-order valence-corrected chi connectivity index (χ1v) is 22.3. The SMILES string of the molecule is CCCCCC/C=C\C/C=C\CCCCCCCC(=O)OCC(COC(=O)CCCCCCC)OC(=O)CCCCCCCCCCCCCCC. The van der Waals surface area contributed by atoms with Crippen LogP contribution in [0, 0.1) is 0 Å². The Labute approximate surface area is 322 Å². The zero-order chi connectivity index (χ0) is 38.0. The second kappa shape index (κ2) is 41.6. The quantitative estimate of drug-likeness (QED) is 0.0270. The molecule has 1 atom stereocenters. The Morgan fingerprint density at radius 2 is 0.692 bits per heavy atom. The van der Waals surface area contributed by atoms with Gasteiger partial charge in [0.2, 0.25) is 0 Å². The van der Waals surface area contributed by atoms with Gasteiger partial charge in [-0.2, -0.15) is 0 Å². The molecule has 0 heterocycles. The van der Waals surface area contributed by atoms with Crippen molar-refractivity contribution in [2.24, 2.45) is 0 Å². The van der Waals surface area contributed by atoms with E-state index < -0.39 is 6.10 Å². The van der Waals surface area contributed by atoms with E-state index >= 15 is 0 Å². The Kier molecular flexibility index (Phi) is 40.0. The van der Waals surface area contributed by atoms with Crippen LogP contribution < -0.4 is 0 Å². The summed E-state index contributed by atoms with van der Waals surface area (Å²) in [5.41, 5.74) is 0. The van der Waals surface area contributed by atoms with E-state index in [1.807, 2.05) is 0 Å². The molecule has 6 heteroatoms. The topological polar surface area (TPSA) is 78.9 Å². The summed E-state index contributed by atoms with van der Waals surface area (Å²) in [7, 11) is 0. The molecular weight excluding hydrogens is 648 g/mol. The molecule has 0 radical (unpaired) electrons. The highest BCUT2D eigenvalue weighted by Gasteiger charge is 2.19. The van der Waals surface area contributed by atoms with Crippen LogP contribution in [0.15, 0.2) is 24.3 Å². The summed E-state index contributed by atoms with van der Waals surface area (Å²) in [6, 6.07) is 0. The second-order valence-corrected chi connectivity index (χ2v) is 15.0. The highest BCUT2D eigenvalue weighted by Crippen LogP contribution is 2.14. The van der Waals surface area contributed by atoms with Crippen LogP contribution in [-0.4, -0.2) is 37.2 Å². The summed E-state index contributed by atoms with van der Waals surface area (Å²) < 4.78 is 16.6. The lowest BCUT2D eigenvalue weighted by Crippen LogP contribution is -2.30. The molecule has 0 aliphatic rings. The second-order valence-electron chi connectivity index (χ2n) is 15.0. The van der Waals surface area contributed by atoms with Gasteiger partial charge in [-0.1, -0.05) is 186 Å². The largest absolute Gasteiger partial charge is 0.462 e. The number of carbonyl (C=O) groups excluding carboxylic acids is 3. The third-order valence-corrected chi connectivity index (χ3v) is 9.71. The maximum Gasteiger partial charge on any atom is 0.306 e. The molecule has 0 bridgehead atoms. The highest BCUT2D eigenvalue weighted by molar-refractivity contribution is 5.71. The molecule has 0 rings (SSSR count). The van der Waals surface area contributed by atoms with Gasteiger partial charge in [0.25, 0.3) is 0 Å². The Balaban J connectivity index is 4.23. The van der Waals surface area contributed by atoms with Crippen LogP contribution in [0.1, 0.15) is 233 Å². The minimum atomic E-state index is -0.767. The molecule has 0 fully saturated rings. The molecule has 0 aromatic heterocycles. The Hall–Kier alpha value is -2.11. The van der Waals surface area contributed by atoms with E-state index in [0.29, 0.717) is 19.3 Å². The van der Waals surface area contributed by atoms with Crippen molar-refractivity contribution in [1.29, 1.82) is 0 Å². The number of hydrogen-bond acceptors (Lipinski definition) is 6. The van der Waals surface area contributed by atoms with Crippen LogP contribution >= 0.6 is 0 Å². The number of ether oxygens (including phenoxy) is 3. The highest BCUT2D eigenvalue weighted by atomic mass is 16.6. The van der Waals surface area contributed by atoms with E-state index in [1.54, 1.807) is 0 Å². The molecular formula is C46H84O6. The molecule has 0 N–H and O–H groups in total. The van der Waals surface area contributed by atoms with Gasteiger partial charge >= 0.3 is 17.9 Å². The van der Waals surface area contributed by atoms with Crippen molar-refractivity contribution in [3.63, 3.8) is 0 Å². The maximum absolute atomic E-state index is 12.6. The van der Waals surface area contributed by atoms with Crippen LogP contribution in [0.3, 0.4) is 0 Å². The number of allylic oxidation sites excluding steroid dienone is 4. The lowest BCUT2D eigenvalue weighted by molar-refractivity contribution is -0.167. The fourth-order valence-corrected chi connectivity index (χ4v) is 6.29. The summed E-state index contributed by atoms with van der Waals surface area (Å²) in [6.45, 7) is 6.52. The first kappa shape index (κ1) is 49.9. The van der Waals surface area contributed by atoms with E-state index in [1.165, 1.54) is 109 Å². The van der Waals surface area contributed by atoms with E-state index in [-0.39, 0.29) is 31.1 Å². The summed E-state index contributed by atoms with van der Waals surface area (Å²) >= 11 is 0. The van der Waals surface area contributed by atoms with Crippen LogP contribution in [0.25, 0.3) is 0 Å². The van der Waals surface area contributed by atoms with E-state index in [0.717, 1.165) is 83.5 Å². The number of unbranched alkanes of at least 4 members (excludes halogenated alkanes) is 25. The predicted molar refractivity (Wildman–Crippen MR) is 219 cm³/mol. The van der Waals surface area contributed by atoms with Gasteiger partial charge in [0.15, 0.2) is 6.10 Å². The van der Waals surface area contributed by atoms with Gasteiger partial charge in [-0.25, -0.2) is 0 Å². The van der Waals surface area contributed by atoms with E-state index in [9.17, 15) is 14.4 Å². The average molecular weight is 733 g/mol. The van der Waals surface area contributed by atoms with Gasteiger partial charge in [0.05, 0.1) is 0 Å². The monoisotopic (exact) mass is 733 g/mol. The molecule has 0 saturated heterocycles. The Bertz CT molecular complexity index is 850. The van der Waals surface area contributed by atoms with Crippen molar-refractivity contribution in [2.75, 3.05) is 13.2 Å². The van der Waals surface area contributed by atoms with Crippen molar-refractivity contribution in [3.05, 3.63) is 24.3 Å². The molecule has 304 valence electrons. The van der Waals surface area contributed by atoms with Crippen molar-refractivity contribution < 1.29 is 28.6 Å². The Morgan fingerprint density at radius 3 is 1.08 bits per heavy atom. The van der Waals surface area contributed by atoms with Crippen LogP contribution in [-0.2, 0) is 28.6 Å². The predicted octanol–water partition coefficient (Wildman–Crippen LogP) is 14.0. The van der Waals surface area contributed by atoms with Crippen LogP contribution in [0.2, 0.25) is 0 Å². The van der Waals surface area contributed by atoms with Gasteiger partial charge in [-0.3, -0.25) is 14.4 Å². The molecule has 0 amide bonds. The lowest BCUT2D eigenvalue weighted by atomic mass is 10.0. The van der Waals surface area contributed by atoms with Gasteiger partial charge in [-0.05, 0) is 51.4 Å². The number of hydrogen-bond donors (Lipinski definition) is 0. The molecule has 0 aromatic carbocycles. The summed E-state index contributed by atoms with van der Waals surface area (Å²) in [5.74, 6) is -0.897. The van der Waals surface area contributed by atoms with Crippen LogP contribution in [0.4, 0.5) is 0 Å². The molecule has 0 spiro atoms. The first-order chi connectivity index (χ1) is 25.5. The van der Waals surface area contributed by atoms with Crippen molar-refractivity contribution in [1.82, 2.24) is 0 Å². The normalized spacial score (nSPS) is 12.1. The summed E-state index contributed by atoms with van der Waals surface area (Å²) in [5, 5.41) is 0. The molecule has 1 unspecified atom stereocenters. The van der Waals surface area contributed by atoms with Gasteiger partial charge in [0.1, 0.15) is 13.2 Å². The van der Waals surface area contributed by atoms with Crippen LogP contribution in [0.5, 0.6) is 0 Å². The summed E-state index contributed by atoms with van der Waals surface area (Å²) in [4.78, 5) is 37.4. The molecule has 0 aromatic rings. The summed E-state index contributed by atoms with van der Waals surface area (Å²) in [6.07, 6.45) is 44.7. The third-order valence-electron chi connectivity index (χ3n) is 9.71.